The minimum atomic E-state index is -0.369. The Hall–Kier alpha value is -0.610. The molecule has 2 fully saturated rings. The van der Waals surface area contributed by atoms with E-state index in [9.17, 15) is 9.90 Å². The first-order valence-corrected chi connectivity index (χ1v) is 8.14. The number of hydrogen-bond donors (Lipinski definition) is 3. The molecule has 20 heavy (non-hydrogen) atoms. The molecule has 1 saturated carbocycles. The zero-order chi connectivity index (χ0) is 14.8. The first kappa shape index (κ1) is 15.8. The average Bonchev–Trinajstić information content (AvgIpc) is 2.86. The molecule has 1 amide bonds. The summed E-state index contributed by atoms with van der Waals surface area (Å²) in [5.74, 6) is 0.854. The second-order valence-electron chi connectivity index (χ2n) is 7.25. The minimum Gasteiger partial charge on any atom is -0.392 e. The van der Waals surface area contributed by atoms with E-state index in [0.29, 0.717) is 24.4 Å². The second-order valence-corrected chi connectivity index (χ2v) is 7.25. The van der Waals surface area contributed by atoms with E-state index in [2.05, 4.69) is 31.4 Å². The van der Waals surface area contributed by atoms with Crippen LogP contribution in [0.15, 0.2) is 0 Å². The summed E-state index contributed by atoms with van der Waals surface area (Å²) in [4.78, 5) is 12.1. The SMILES string of the molecule is CCC(C)(C)C1CCC(NC(=O)C2CC(O)CN2)CC1. The molecule has 0 aromatic rings. The fourth-order valence-corrected chi connectivity index (χ4v) is 3.53. The molecule has 0 bridgehead atoms. The molecule has 4 nitrogen and oxygen atoms in total. The average molecular weight is 282 g/mol. The zero-order valence-electron chi connectivity index (χ0n) is 13.1. The van der Waals surface area contributed by atoms with Crippen molar-refractivity contribution < 1.29 is 9.90 Å². The summed E-state index contributed by atoms with van der Waals surface area (Å²) in [7, 11) is 0. The van der Waals surface area contributed by atoms with Gasteiger partial charge in [-0.25, -0.2) is 0 Å². The largest absolute Gasteiger partial charge is 0.392 e. The van der Waals surface area contributed by atoms with Gasteiger partial charge in [-0.05, 0) is 43.4 Å². The van der Waals surface area contributed by atoms with Crippen LogP contribution in [0.4, 0.5) is 0 Å². The Kier molecular flexibility index (Phi) is 5.08. The molecule has 0 spiro atoms. The number of carbonyl (C=O) groups excluding carboxylic acids is 1. The highest BCUT2D eigenvalue weighted by atomic mass is 16.3. The second kappa shape index (κ2) is 6.44. The van der Waals surface area contributed by atoms with E-state index in [1.807, 2.05) is 0 Å². The lowest BCUT2D eigenvalue weighted by Crippen LogP contribution is -2.47. The van der Waals surface area contributed by atoms with Gasteiger partial charge in [0.1, 0.15) is 0 Å². The standard InChI is InChI=1S/C16H30N2O2/c1-4-16(2,3)11-5-7-12(8-6-11)18-15(20)14-9-13(19)10-17-14/h11-14,17,19H,4-10H2,1-3H3,(H,18,20). The number of aliphatic hydroxyl groups excluding tert-OH is 1. The van der Waals surface area contributed by atoms with Crippen molar-refractivity contribution in [3.8, 4) is 0 Å². The molecule has 0 aromatic heterocycles. The molecule has 2 rings (SSSR count). The quantitative estimate of drug-likeness (QED) is 0.737. The number of nitrogens with one attached hydrogen (secondary N) is 2. The molecule has 2 atom stereocenters. The van der Waals surface area contributed by atoms with E-state index in [4.69, 9.17) is 0 Å². The molecule has 1 aliphatic carbocycles. The Morgan fingerprint density at radius 3 is 2.45 bits per heavy atom. The molecule has 2 aliphatic rings. The van der Waals surface area contributed by atoms with Crippen molar-refractivity contribution in [3.05, 3.63) is 0 Å². The van der Waals surface area contributed by atoms with Gasteiger partial charge in [0.2, 0.25) is 5.91 Å². The smallest absolute Gasteiger partial charge is 0.237 e. The van der Waals surface area contributed by atoms with Crippen molar-refractivity contribution in [2.75, 3.05) is 6.54 Å². The van der Waals surface area contributed by atoms with Gasteiger partial charge in [0.25, 0.3) is 0 Å². The van der Waals surface area contributed by atoms with E-state index in [-0.39, 0.29) is 18.1 Å². The minimum absolute atomic E-state index is 0.0692. The van der Waals surface area contributed by atoms with Crippen LogP contribution < -0.4 is 10.6 Å². The van der Waals surface area contributed by atoms with Gasteiger partial charge in [-0.3, -0.25) is 4.79 Å². The van der Waals surface area contributed by atoms with Crippen LogP contribution in [0.5, 0.6) is 0 Å². The van der Waals surface area contributed by atoms with Crippen molar-refractivity contribution in [3.63, 3.8) is 0 Å². The molecule has 1 aliphatic heterocycles. The van der Waals surface area contributed by atoms with Crippen molar-refractivity contribution in [1.29, 1.82) is 0 Å². The van der Waals surface area contributed by atoms with Crippen LogP contribution in [-0.4, -0.2) is 35.7 Å². The van der Waals surface area contributed by atoms with Gasteiger partial charge >= 0.3 is 0 Å². The van der Waals surface area contributed by atoms with E-state index < -0.39 is 0 Å². The highest BCUT2D eigenvalue weighted by molar-refractivity contribution is 5.82. The number of aliphatic hydroxyl groups is 1. The van der Waals surface area contributed by atoms with Crippen LogP contribution in [0.1, 0.15) is 59.3 Å². The summed E-state index contributed by atoms with van der Waals surface area (Å²) < 4.78 is 0. The lowest BCUT2D eigenvalue weighted by Gasteiger charge is -2.39. The molecule has 0 aromatic carbocycles. The number of rotatable bonds is 4. The van der Waals surface area contributed by atoms with Crippen LogP contribution >= 0.6 is 0 Å². The topological polar surface area (TPSA) is 61.4 Å². The van der Waals surface area contributed by atoms with Crippen molar-refractivity contribution >= 4 is 5.91 Å². The maximum atomic E-state index is 12.1. The van der Waals surface area contributed by atoms with Crippen LogP contribution in [0.3, 0.4) is 0 Å². The Bertz CT molecular complexity index is 335. The molecular weight excluding hydrogens is 252 g/mol. The van der Waals surface area contributed by atoms with Gasteiger partial charge in [0.05, 0.1) is 12.1 Å². The number of β-amino-alcohol motifs (C(OH)–C–C–N with tert-alkyl or cyclic N) is 1. The molecule has 1 heterocycles. The van der Waals surface area contributed by atoms with Gasteiger partial charge in [0.15, 0.2) is 0 Å². The fourth-order valence-electron chi connectivity index (χ4n) is 3.53. The zero-order valence-corrected chi connectivity index (χ0v) is 13.1. The van der Waals surface area contributed by atoms with E-state index in [1.54, 1.807) is 0 Å². The third-order valence-corrected chi connectivity index (χ3v) is 5.51. The molecule has 1 saturated heterocycles. The summed E-state index contributed by atoms with van der Waals surface area (Å²) in [6, 6.07) is 0.126. The summed E-state index contributed by atoms with van der Waals surface area (Å²) in [6.07, 6.45) is 6.01. The predicted octanol–water partition coefficient (Wildman–Crippen LogP) is 1.82. The maximum Gasteiger partial charge on any atom is 0.237 e. The highest BCUT2D eigenvalue weighted by Crippen LogP contribution is 2.40. The van der Waals surface area contributed by atoms with Crippen LogP contribution in [0.25, 0.3) is 0 Å². The molecule has 3 N–H and O–H groups in total. The Morgan fingerprint density at radius 1 is 1.30 bits per heavy atom. The van der Waals surface area contributed by atoms with E-state index in [1.165, 1.54) is 19.3 Å². The van der Waals surface area contributed by atoms with Crippen LogP contribution in [0.2, 0.25) is 0 Å². The van der Waals surface area contributed by atoms with E-state index >= 15 is 0 Å². The van der Waals surface area contributed by atoms with Crippen LogP contribution in [-0.2, 0) is 4.79 Å². The lowest BCUT2D eigenvalue weighted by molar-refractivity contribution is -0.124. The van der Waals surface area contributed by atoms with Crippen molar-refractivity contribution in [1.82, 2.24) is 10.6 Å². The van der Waals surface area contributed by atoms with Gasteiger partial charge in [-0.15, -0.1) is 0 Å². The third kappa shape index (κ3) is 3.73. The van der Waals surface area contributed by atoms with Gasteiger partial charge in [-0.1, -0.05) is 27.2 Å². The number of hydrogen-bond acceptors (Lipinski definition) is 3. The van der Waals surface area contributed by atoms with Crippen molar-refractivity contribution in [2.45, 2.75) is 77.5 Å². The van der Waals surface area contributed by atoms with Gasteiger partial charge < -0.3 is 15.7 Å². The van der Waals surface area contributed by atoms with Crippen LogP contribution in [0, 0.1) is 11.3 Å². The summed E-state index contributed by atoms with van der Waals surface area (Å²) in [6.45, 7) is 7.53. The molecular formula is C16H30N2O2. The number of amides is 1. The Labute approximate surface area is 122 Å². The monoisotopic (exact) mass is 282 g/mol. The first-order chi connectivity index (χ1) is 9.42. The molecule has 0 radical (unpaired) electrons. The Morgan fingerprint density at radius 2 is 1.95 bits per heavy atom. The predicted molar refractivity (Wildman–Crippen MR) is 80.4 cm³/mol. The van der Waals surface area contributed by atoms with Crippen molar-refractivity contribution in [2.24, 2.45) is 11.3 Å². The molecule has 116 valence electrons. The lowest BCUT2D eigenvalue weighted by atomic mass is 9.69. The Balaban J connectivity index is 1.76. The molecule has 4 heteroatoms. The highest BCUT2D eigenvalue weighted by Gasteiger charge is 2.34. The van der Waals surface area contributed by atoms with E-state index in [0.717, 1.165) is 18.8 Å². The van der Waals surface area contributed by atoms with Gasteiger partial charge in [0, 0.05) is 12.6 Å². The fraction of sp³-hybridized carbons (Fsp3) is 0.938. The summed E-state index contributed by atoms with van der Waals surface area (Å²) in [5, 5.41) is 15.7. The third-order valence-electron chi connectivity index (χ3n) is 5.51. The molecule has 2 unspecified atom stereocenters. The first-order valence-electron chi connectivity index (χ1n) is 8.14. The maximum absolute atomic E-state index is 12.1. The summed E-state index contributed by atoms with van der Waals surface area (Å²) >= 11 is 0. The van der Waals surface area contributed by atoms with Gasteiger partial charge in [-0.2, -0.15) is 0 Å². The number of carbonyl (C=O) groups is 1. The summed E-state index contributed by atoms with van der Waals surface area (Å²) in [5.41, 5.74) is 0.423. The normalized spacial score (nSPS) is 35.0.